The molecule has 5 nitrogen and oxygen atoms in total. The summed E-state index contributed by atoms with van der Waals surface area (Å²) in [6, 6.07) is 0. The molecule has 1 fully saturated rings. The van der Waals surface area contributed by atoms with Crippen LogP contribution in [0.25, 0.3) is 11.2 Å². The Hall–Kier alpha value is -1.14. The molecular formula is C14H23N5S. The van der Waals surface area contributed by atoms with Gasteiger partial charge in [-0.1, -0.05) is 13.3 Å². The lowest BCUT2D eigenvalue weighted by atomic mass is 10.1. The van der Waals surface area contributed by atoms with Crippen LogP contribution < -0.4 is 0 Å². The fourth-order valence-electron chi connectivity index (χ4n) is 3.16. The van der Waals surface area contributed by atoms with Crippen LogP contribution in [0.5, 0.6) is 0 Å². The molecule has 0 atom stereocenters. The maximum Gasteiger partial charge on any atom is 0.179 e. The number of fused-ring (bicyclic) bond motifs is 1. The Morgan fingerprint density at radius 3 is 2.65 bits per heavy atom. The maximum absolute atomic E-state index is 5.49. The highest BCUT2D eigenvalue weighted by molar-refractivity contribution is 7.71. The number of hydrogen-bond donors (Lipinski definition) is 1. The summed E-state index contributed by atoms with van der Waals surface area (Å²) in [4.78, 5) is 5.87. The summed E-state index contributed by atoms with van der Waals surface area (Å²) in [5, 5.41) is 4.57. The lowest BCUT2D eigenvalue weighted by Gasteiger charge is -2.26. The fraction of sp³-hybridized carbons (Fsp3) is 0.714. The van der Waals surface area contributed by atoms with Gasteiger partial charge in [0.05, 0.1) is 5.69 Å². The summed E-state index contributed by atoms with van der Waals surface area (Å²) in [5.74, 6) is 0. The van der Waals surface area contributed by atoms with E-state index in [1.54, 1.807) is 0 Å². The van der Waals surface area contributed by atoms with Crippen LogP contribution in [0, 0.1) is 4.77 Å². The molecule has 20 heavy (non-hydrogen) atoms. The maximum atomic E-state index is 5.49. The number of likely N-dealkylation sites (tertiary alicyclic amines) is 1. The number of rotatable bonds is 4. The summed E-state index contributed by atoms with van der Waals surface area (Å²) in [5.41, 5.74) is 3.34. The zero-order valence-electron chi connectivity index (χ0n) is 12.4. The van der Waals surface area contributed by atoms with Crippen molar-refractivity contribution in [1.29, 1.82) is 0 Å². The van der Waals surface area contributed by atoms with E-state index < -0.39 is 0 Å². The number of hydrogen-bond acceptors (Lipinski definition) is 3. The number of nitrogens with zero attached hydrogens (tertiary/aromatic N) is 4. The Labute approximate surface area is 124 Å². The predicted octanol–water partition coefficient (Wildman–Crippen LogP) is 2.48. The molecule has 1 N–H and O–H groups in total. The minimum absolute atomic E-state index is 0.819. The van der Waals surface area contributed by atoms with Crippen LogP contribution in [0.3, 0.4) is 0 Å². The second-order valence-electron chi connectivity index (χ2n) is 5.61. The quantitative estimate of drug-likeness (QED) is 0.881. The van der Waals surface area contributed by atoms with E-state index in [0.29, 0.717) is 0 Å². The number of H-pyrrole nitrogens is 1. The van der Waals surface area contributed by atoms with Crippen molar-refractivity contribution in [1.82, 2.24) is 24.2 Å². The topological polar surface area (TPSA) is 41.8 Å². The molecule has 3 heterocycles. The van der Waals surface area contributed by atoms with Gasteiger partial charge >= 0.3 is 0 Å². The van der Waals surface area contributed by atoms with E-state index in [0.717, 1.165) is 41.1 Å². The van der Waals surface area contributed by atoms with E-state index in [1.807, 2.05) is 11.7 Å². The van der Waals surface area contributed by atoms with Gasteiger partial charge in [0.2, 0.25) is 0 Å². The molecule has 1 aliphatic rings. The lowest BCUT2D eigenvalue weighted by Crippen LogP contribution is -2.32. The van der Waals surface area contributed by atoms with Crippen LogP contribution in [0.15, 0.2) is 0 Å². The first-order valence-corrected chi connectivity index (χ1v) is 7.98. The van der Waals surface area contributed by atoms with Crippen molar-refractivity contribution in [2.45, 2.75) is 39.2 Å². The average Bonchev–Trinajstić information content (AvgIpc) is 2.95. The molecule has 1 aliphatic heterocycles. The normalized spacial score (nSPS) is 17.1. The molecule has 110 valence electrons. The number of aryl methyl sites for hydroxylation is 2. The van der Waals surface area contributed by atoms with Crippen molar-refractivity contribution in [3.63, 3.8) is 0 Å². The second-order valence-corrected chi connectivity index (χ2v) is 5.99. The average molecular weight is 293 g/mol. The largest absolute Gasteiger partial charge is 0.328 e. The third-order valence-electron chi connectivity index (χ3n) is 4.25. The van der Waals surface area contributed by atoms with E-state index >= 15 is 0 Å². The minimum Gasteiger partial charge on any atom is -0.328 e. The van der Waals surface area contributed by atoms with Crippen molar-refractivity contribution in [2.75, 3.05) is 19.6 Å². The minimum atomic E-state index is 0.819. The van der Waals surface area contributed by atoms with Gasteiger partial charge in [0, 0.05) is 20.1 Å². The fourth-order valence-corrected chi connectivity index (χ4v) is 3.44. The van der Waals surface area contributed by atoms with Gasteiger partial charge < -0.3 is 14.5 Å². The number of aromatic amines is 1. The van der Waals surface area contributed by atoms with Crippen molar-refractivity contribution >= 4 is 23.4 Å². The van der Waals surface area contributed by atoms with Gasteiger partial charge in [-0.3, -0.25) is 4.68 Å². The first-order valence-electron chi connectivity index (χ1n) is 7.57. The number of imidazole rings is 1. The van der Waals surface area contributed by atoms with Crippen LogP contribution >= 0.6 is 12.2 Å². The predicted molar refractivity (Wildman–Crippen MR) is 83.6 cm³/mol. The zero-order chi connectivity index (χ0) is 14.1. The second kappa shape index (κ2) is 5.69. The Morgan fingerprint density at radius 1 is 1.20 bits per heavy atom. The van der Waals surface area contributed by atoms with Gasteiger partial charge in [0.1, 0.15) is 5.52 Å². The summed E-state index contributed by atoms with van der Waals surface area (Å²) in [7, 11) is 2.00. The number of piperidine rings is 1. The summed E-state index contributed by atoms with van der Waals surface area (Å²) in [6.07, 6.45) is 4.98. The summed E-state index contributed by atoms with van der Waals surface area (Å²) >= 11 is 5.49. The van der Waals surface area contributed by atoms with Gasteiger partial charge in [-0.05, 0) is 44.6 Å². The van der Waals surface area contributed by atoms with Gasteiger partial charge in [-0.2, -0.15) is 5.10 Å². The van der Waals surface area contributed by atoms with E-state index in [1.165, 1.54) is 32.4 Å². The number of aromatic nitrogens is 4. The highest BCUT2D eigenvalue weighted by Crippen LogP contribution is 2.18. The number of nitrogens with one attached hydrogen (secondary N) is 1. The van der Waals surface area contributed by atoms with E-state index in [2.05, 4.69) is 26.5 Å². The van der Waals surface area contributed by atoms with Crippen molar-refractivity contribution in [2.24, 2.45) is 7.05 Å². The smallest absolute Gasteiger partial charge is 0.179 e. The van der Waals surface area contributed by atoms with Gasteiger partial charge in [-0.15, -0.1) is 0 Å². The SMILES string of the molecule is CCc1nn(C)c2c1[nH]c(=S)n2CCN1CCCCC1. The zero-order valence-corrected chi connectivity index (χ0v) is 13.2. The Balaban J connectivity index is 1.85. The molecule has 6 heteroatoms. The molecular weight excluding hydrogens is 270 g/mol. The third kappa shape index (κ3) is 2.42. The third-order valence-corrected chi connectivity index (χ3v) is 4.57. The van der Waals surface area contributed by atoms with Gasteiger partial charge in [0.15, 0.2) is 10.4 Å². The van der Waals surface area contributed by atoms with Gasteiger partial charge in [0.25, 0.3) is 0 Å². The highest BCUT2D eigenvalue weighted by Gasteiger charge is 2.15. The standard InChI is InChI=1S/C14H23N5S/c1-3-11-12-13(17(2)16-11)19(14(20)15-12)10-9-18-7-5-4-6-8-18/h3-10H2,1-2H3,(H,15,20). The first kappa shape index (κ1) is 13.8. The molecule has 0 aliphatic carbocycles. The monoisotopic (exact) mass is 293 g/mol. The Morgan fingerprint density at radius 2 is 1.95 bits per heavy atom. The van der Waals surface area contributed by atoms with Crippen LogP contribution in [0.4, 0.5) is 0 Å². The van der Waals surface area contributed by atoms with E-state index in [-0.39, 0.29) is 0 Å². The molecule has 0 bridgehead atoms. The summed E-state index contributed by atoms with van der Waals surface area (Å²) < 4.78 is 4.97. The van der Waals surface area contributed by atoms with E-state index in [4.69, 9.17) is 12.2 Å². The molecule has 0 amide bonds. The summed E-state index contributed by atoms with van der Waals surface area (Å²) in [6.45, 7) is 6.61. The first-order chi connectivity index (χ1) is 9.70. The van der Waals surface area contributed by atoms with Gasteiger partial charge in [-0.25, -0.2) is 0 Å². The molecule has 0 unspecified atom stereocenters. The molecule has 0 aromatic carbocycles. The highest BCUT2D eigenvalue weighted by atomic mass is 32.1. The molecule has 0 spiro atoms. The van der Waals surface area contributed by atoms with Crippen LogP contribution in [-0.2, 0) is 20.0 Å². The lowest BCUT2D eigenvalue weighted by molar-refractivity contribution is 0.221. The van der Waals surface area contributed by atoms with Crippen molar-refractivity contribution in [3.8, 4) is 0 Å². The van der Waals surface area contributed by atoms with Crippen molar-refractivity contribution < 1.29 is 0 Å². The molecule has 3 rings (SSSR count). The Bertz CT molecular complexity index is 644. The Kier molecular flexibility index (Phi) is 3.94. The van der Waals surface area contributed by atoms with Crippen LogP contribution in [0.2, 0.25) is 0 Å². The van der Waals surface area contributed by atoms with Crippen molar-refractivity contribution in [3.05, 3.63) is 10.5 Å². The molecule has 2 aromatic heterocycles. The molecule has 1 saturated heterocycles. The molecule has 0 saturated carbocycles. The van der Waals surface area contributed by atoms with E-state index in [9.17, 15) is 0 Å². The van der Waals surface area contributed by atoms with Crippen LogP contribution in [-0.4, -0.2) is 43.9 Å². The molecule has 0 radical (unpaired) electrons. The molecule has 2 aromatic rings. The van der Waals surface area contributed by atoms with Crippen LogP contribution in [0.1, 0.15) is 31.9 Å².